The number of aliphatic hydroxyl groups excluding tert-OH is 1. The molecule has 0 bridgehead atoms. The highest BCUT2D eigenvalue weighted by Crippen LogP contribution is 2.31. The minimum Gasteiger partial charge on any atom is -0.388 e. The number of fused-ring (bicyclic) bond motifs is 1. The second-order valence-electron chi connectivity index (χ2n) is 5.86. The Morgan fingerprint density at radius 1 is 1.11 bits per heavy atom. The van der Waals surface area contributed by atoms with Gasteiger partial charge in [-0.1, -0.05) is 39.3 Å². The van der Waals surface area contributed by atoms with Gasteiger partial charge in [0, 0.05) is 17.1 Å². The fourth-order valence-electron chi connectivity index (χ4n) is 2.79. The molecule has 0 aliphatic heterocycles. The van der Waals surface area contributed by atoms with Gasteiger partial charge in [-0.15, -0.1) is 0 Å². The summed E-state index contributed by atoms with van der Waals surface area (Å²) in [5.74, 6) is 0.147. The number of imidazole rings is 1. The van der Waals surface area contributed by atoms with Gasteiger partial charge in [0.25, 0.3) is 12.3 Å². The standard InChI is InChI=1S/C18H13BrF2N4O2/c19-11-6-4-10(5-7-11)12(26)9-13-22-18(27-24-13)16-15(17(20)21)23-14-3-1-2-8-25(14)16/h1-8,12,17,26H,9H2. The zero-order valence-corrected chi connectivity index (χ0v) is 15.3. The quantitative estimate of drug-likeness (QED) is 0.504. The number of aromatic nitrogens is 4. The lowest BCUT2D eigenvalue weighted by Gasteiger charge is -2.08. The molecule has 4 rings (SSSR count). The Morgan fingerprint density at radius 3 is 2.63 bits per heavy atom. The van der Waals surface area contributed by atoms with Gasteiger partial charge in [0.05, 0.1) is 6.10 Å². The first-order valence-electron chi connectivity index (χ1n) is 8.04. The highest BCUT2D eigenvalue weighted by molar-refractivity contribution is 9.10. The van der Waals surface area contributed by atoms with E-state index < -0.39 is 18.2 Å². The minimum atomic E-state index is -2.79. The molecule has 27 heavy (non-hydrogen) atoms. The third-order valence-corrected chi connectivity index (χ3v) is 4.59. The molecule has 3 aromatic heterocycles. The second-order valence-corrected chi connectivity index (χ2v) is 6.78. The first-order valence-corrected chi connectivity index (χ1v) is 8.84. The van der Waals surface area contributed by atoms with Gasteiger partial charge in [-0.05, 0) is 29.8 Å². The normalized spacial score (nSPS) is 12.8. The number of rotatable bonds is 5. The number of nitrogens with zero attached hydrogens (tertiary/aromatic N) is 4. The topological polar surface area (TPSA) is 76.5 Å². The molecule has 0 saturated heterocycles. The van der Waals surface area contributed by atoms with Crippen molar-refractivity contribution in [2.24, 2.45) is 0 Å². The van der Waals surface area contributed by atoms with Crippen molar-refractivity contribution in [1.82, 2.24) is 19.5 Å². The number of hydrogen-bond donors (Lipinski definition) is 1. The van der Waals surface area contributed by atoms with Gasteiger partial charge >= 0.3 is 0 Å². The Bertz CT molecular complexity index is 1080. The van der Waals surface area contributed by atoms with Crippen molar-refractivity contribution in [3.05, 3.63) is 70.2 Å². The number of alkyl halides is 2. The maximum Gasteiger partial charge on any atom is 0.282 e. The van der Waals surface area contributed by atoms with Gasteiger partial charge < -0.3 is 9.63 Å². The molecule has 3 heterocycles. The van der Waals surface area contributed by atoms with E-state index in [4.69, 9.17) is 4.52 Å². The van der Waals surface area contributed by atoms with Crippen LogP contribution in [0.3, 0.4) is 0 Å². The first kappa shape index (κ1) is 17.7. The predicted octanol–water partition coefficient (Wildman–Crippen LogP) is 4.36. The Labute approximate surface area is 160 Å². The number of hydrogen-bond acceptors (Lipinski definition) is 5. The van der Waals surface area contributed by atoms with Gasteiger partial charge in [-0.25, -0.2) is 13.8 Å². The highest BCUT2D eigenvalue weighted by atomic mass is 79.9. The molecule has 9 heteroatoms. The summed E-state index contributed by atoms with van der Waals surface area (Å²) in [6.07, 6.45) is -1.94. The van der Waals surface area contributed by atoms with Gasteiger partial charge in [0.15, 0.2) is 5.82 Å². The highest BCUT2D eigenvalue weighted by Gasteiger charge is 2.26. The van der Waals surface area contributed by atoms with E-state index in [2.05, 4.69) is 31.1 Å². The van der Waals surface area contributed by atoms with E-state index in [-0.39, 0.29) is 23.8 Å². The average Bonchev–Trinajstić information content (AvgIpc) is 3.26. The molecule has 0 amide bonds. The van der Waals surface area contributed by atoms with Crippen molar-refractivity contribution >= 4 is 21.6 Å². The number of aliphatic hydroxyl groups is 1. The van der Waals surface area contributed by atoms with Crippen molar-refractivity contribution in [2.45, 2.75) is 19.0 Å². The van der Waals surface area contributed by atoms with Gasteiger partial charge in [-0.3, -0.25) is 4.40 Å². The lowest BCUT2D eigenvalue weighted by atomic mass is 10.1. The Morgan fingerprint density at radius 2 is 1.89 bits per heavy atom. The van der Waals surface area contributed by atoms with Crippen LogP contribution >= 0.6 is 15.9 Å². The van der Waals surface area contributed by atoms with Crippen molar-refractivity contribution in [3.63, 3.8) is 0 Å². The lowest BCUT2D eigenvalue weighted by Crippen LogP contribution is -2.03. The maximum absolute atomic E-state index is 13.4. The summed E-state index contributed by atoms with van der Waals surface area (Å²) in [6.45, 7) is 0. The summed E-state index contributed by atoms with van der Waals surface area (Å²) in [5, 5.41) is 14.2. The molecule has 1 N–H and O–H groups in total. The van der Waals surface area contributed by atoms with Gasteiger partial charge in [0.1, 0.15) is 17.0 Å². The van der Waals surface area contributed by atoms with Crippen LogP contribution in [-0.4, -0.2) is 24.6 Å². The summed E-state index contributed by atoms with van der Waals surface area (Å²) >= 11 is 3.33. The second kappa shape index (κ2) is 7.16. The summed E-state index contributed by atoms with van der Waals surface area (Å²) in [6, 6.07) is 12.2. The molecule has 0 aliphatic carbocycles. The van der Waals surface area contributed by atoms with E-state index >= 15 is 0 Å². The zero-order valence-electron chi connectivity index (χ0n) is 13.8. The Balaban J connectivity index is 1.66. The number of halogens is 3. The molecule has 0 aliphatic rings. The zero-order chi connectivity index (χ0) is 19.0. The first-order chi connectivity index (χ1) is 13.0. The molecule has 138 valence electrons. The van der Waals surface area contributed by atoms with Crippen LogP contribution in [0.25, 0.3) is 17.2 Å². The largest absolute Gasteiger partial charge is 0.388 e. The molecular formula is C18H13BrF2N4O2. The van der Waals surface area contributed by atoms with Crippen molar-refractivity contribution in [2.75, 3.05) is 0 Å². The van der Waals surface area contributed by atoms with Crippen LogP contribution in [0.5, 0.6) is 0 Å². The molecule has 4 aromatic rings. The molecule has 0 fully saturated rings. The monoisotopic (exact) mass is 434 g/mol. The number of pyridine rings is 1. The summed E-state index contributed by atoms with van der Waals surface area (Å²) < 4.78 is 34.4. The predicted molar refractivity (Wildman–Crippen MR) is 96.2 cm³/mol. The fourth-order valence-corrected chi connectivity index (χ4v) is 3.05. The third kappa shape index (κ3) is 3.47. The SMILES string of the molecule is OC(Cc1noc(-c2c(C(F)F)nc3ccccn23)n1)c1ccc(Br)cc1. The lowest BCUT2D eigenvalue weighted by molar-refractivity contribution is 0.147. The fraction of sp³-hybridized carbons (Fsp3) is 0.167. The molecule has 0 radical (unpaired) electrons. The summed E-state index contributed by atoms with van der Waals surface area (Å²) in [4.78, 5) is 8.13. The molecule has 1 unspecified atom stereocenters. The van der Waals surface area contributed by atoms with Crippen LogP contribution in [0, 0.1) is 0 Å². The van der Waals surface area contributed by atoms with Crippen LogP contribution in [0.15, 0.2) is 57.7 Å². The van der Waals surface area contributed by atoms with E-state index in [1.54, 1.807) is 36.5 Å². The Kier molecular flexibility index (Phi) is 4.71. The smallest absolute Gasteiger partial charge is 0.282 e. The van der Waals surface area contributed by atoms with Crippen molar-refractivity contribution < 1.29 is 18.4 Å². The maximum atomic E-state index is 13.4. The van der Waals surface area contributed by atoms with Crippen LogP contribution < -0.4 is 0 Å². The molecule has 6 nitrogen and oxygen atoms in total. The van der Waals surface area contributed by atoms with Gasteiger partial charge in [-0.2, -0.15) is 4.98 Å². The van der Waals surface area contributed by atoms with Gasteiger partial charge in [0.2, 0.25) is 0 Å². The molecular weight excluding hydrogens is 422 g/mol. The summed E-state index contributed by atoms with van der Waals surface area (Å²) in [5.41, 5.74) is 0.674. The molecule has 0 spiro atoms. The van der Waals surface area contributed by atoms with Crippen LogP contribution in [0.1, 0.15) is 29.6 Å². The van der Waals surface area contributed by atoms with Crippen molar-refractivity contribution in [1.29, 1.82) is 0 Å². The van der Waals surface area contributed by atoms with E-state index in [1.807, 2.05) is 12.1 Å². The van der Waals surface area contributed by atoms with E-state index in [1.165, 1.54) is 4.40 Å². The average molecular weight is 435 g/mol. The van der Waals surface area contributed by atoms with E-state index in [9.17, 15) is 13.9 Å². The van der Waals surface area contributed by atoms with E-state index in [0.29, 0.717) is 11.2 Å². The van der Waals surface area contributed by atoms with E-state index in [0.717, 1.165) is 4.47 Å². The molecule has 0 saturated carbocycles. The molecule has 1 atom stereocenters. The van der Waals surface area contributed by atoms with Crippen LogP contribution in [0.2, 0.25) is 0 Å². The Hall–Kier alpha value is -2.65. The third-order valence-electron chi connectivity index (χ3n) is 4.06. The van der Waals surface area contributed by atoms with Crippen molar-refractivity contribution in [3.8, 4) is 11.6 Å². The van der Waals surface area contributed by atoms with Crippen LogP contribution in [0.4, 0.5) is 8.78 Å². The summed E-state index contributed by atoms with van der Waals surface area (Å²) in [7, 11) is 0. The minimum absolute atomic E-state index is 0.0532. The van der Waals surface area contributed by atoms with Crippen LogP contribution in [-0.2, 0) is 6.42 Å². The number of benzene rings is 1. The molecule has 1 aromatic carbocycles.